The monoisotopic (exact) mass is 492 g/mol. The van der Waals surface area contributed by atoms with E-state index in [0.717, 1.165) is 0 Å². The molecule has 0 heterocycles. The Hall–Kier alpha value is 3.09. The Kier molecular flexibility index (Phi) is 3.59. The Labute approximate surface area is 69.4 Å². The average Bonchev–Trinajstić information content (AvgIpc) is 0.650. The summed E-state index contributed by atoms with van der Waals surface area (Å²) in [6.45, 7) is 0. The van der Waals surface area contributed by atoms with Crippen LogP contribution in [0.3, 0.4) is 0 Å². The fourth-order valence-electron chi connectivity index (χ4n) is 0. The summed E-state index contributed by atoms with van der Waals surface area (Å²) in [5.41, 5.74) is 0. The summed E-state index contributed by atoms with van der Waals surface area (Å²) in [6.07, 6.45) is 0. The molecule has 0 saturated heterocycles. The molecule has 0 aromatic rings. The first-order valence-corrected chi connectivity index (χ1v) is 23.7. The Bertz CT molecular complexity index is 37.1. The SMILES string of the molecule is [Br][Mo]([Br])([Br])([Br])[Br]. The molecule has 0 bridgehead atoms. The molecule has 0 nitrogen and oxygen atoms in total. The molecule has 0 rings (SSSR count). The molecule has 0 aromatic heterocycles. The molecule has 0 N–H and O–H groups in total. The van der Waals surface area contributed by atoms with Crippen molar-refractivity contribution in [2.75, 3.05) is 0 Å². The van der Waals surface area contributed by atoms with E-state index in [4.69, 9.17) is 0 Å². The van der Waals surface area contributed by atoms with Crippen molar-refractivity contribution in [1.29, 1.82) is 0 Å². The van der Waals surface area contributed by atoms with Crippen LogP contribution in [0.15, 0.2) is 0 Å². The summed E-state index contributed by atoms with van der Waals surface area (Å²) in [7, 11) is 0. The molecule has 0 aliphatic rings. The van der Waals surface area contributed by atoms with Gasteiger partial charge in [0.1, 0.15) is 0 Å². The second-order valence-electron chi connectivity index (χ2n) is 0.583. The third kappa shape index (κ3) is 27.5. The van der Waals surface area contributed by atoms with Crippen molar-refractivity contribution in [3.05, 3.63) is 0 Å². The van der Waals surface area contributed by atoms with Gasteiger partial charge in [0.2, 0.25) is 0 Å². The average molecular weight is 495 g/mol. The third-order valence-electron chi connectivity index (χ3n) is 0. The van der Waals surface area contributed by atoms with Gasteiger partial charge in [0, 0.05) is 0 Å². The predicted octanol–water partition coefficient (Wildman–Crippen LogP) is 4.23. The van der Waals surface area contributed by atoms with Crippen LogP contribution < -0.4 is 0 Å². The zero-order valence-corrected chi connectivity index (χ0v) is 12.2. The van der Waals surface area contributed by atoms with Crippen LogP contribution in [-0.4, -0.2) is 0 Å². The summed E-state index contributed by atoms with van der Waals surface area (Å²) >= 11 is 16.7. The van der Waals surface area contributed by atoms with Crippen LogP contribution in [-0.2, 0) is 4.53 Å². The molecular formula is Br5Mo. The van der Waals surface area contributed by atoms with Gasteiger partial charge in [-0.2, -0.15) is 0 Å². The van der Waals surface area contributed by atoms with Crippen LogP contribution in [0.1, 0.15) is 0 Å². The van der Waals surface area contributed by atoms with Crippen molar-refractivity contribution in [3.63, 3.8) is 0 Å². The Balaban J connectivity index is 3.73. The van der Waals surface area contributed by atoms with Gasteiger partial charge in [0.25, 0.3) is 0 Å². The van der Waals surface area contributed by atoms with Crippen LogP contribution in [0.2, 0.25) is 0 Å². The van der Waals surface area contributed by atoms with Gasteiger partial charge < -0.3 is 0 Å². The molecule has 0 atom stereocenters. The number of halogens is 5. The van der Waals surface area contributed by atoms with E-state index in [-0.39, 0.29) is 0 Å². The van der Waals surface area contributed by atoms with E-state index in [2.05, 4.69) is 66.5 Å². The summed E-state index contributed by atoms with van der Waals surface area (Å²) < 4.78 is -2.56. The molecule has 0 spiro atoms. The second kappa shape index (κ2) is 2.37. The first kappa shape index (κ1) is 9.09. The Morgan fingerprint density at radius 3 is 0.667 bits per heavy atom. The molecule has 0 aliphatic heterocycles. The van der Waals surface area contributed by atoms with Crippen molar-refractivity contribution in [2.45, 2.75) is 0 Å². The van der Waals surface area contributed by atoms with Gasteiger partial charge in [-0.25, -0.2) is 0 Å². The summed E-state index contributed by atoms with van der Waals surface area (Å²) in [5.74, 6) is 0. The molecule has 0 fully saturated rings. The topological polar surface area (TPSA) is 0 Å². The fourth-order valence-corrected chi connectivity index (χ4v) is 0. The molecule has 0 amide bonds. The van der Waals surface area contributed by atoms with Gasteiger partial charge in [-0.15, -0.1) is 0 Å². The standard InChI is InChI=1S/5BrH.Mo/h5*1H;/q;;;;;+5/p-5. The maximum atomic E-state index is 3.34. The Morgan fingerprint density at radius 1 is 0.667 bits per heavy atom. The summed E-state index contributed by atoms with van der Waals surface area (Å²) in [4.78, 5) is 0. The predicted molar refractivity (Wildman–Crippen MR) is 44.6 cm³/mol. The van der Waals surface area contributed by atoms with Crippen LogP contribution >= 0.6 is 66.5 Å². The van der Waals surface area contributed by atoms with Gasteiger partial charge in [0.05, 0.1) is 0 Å². The quantitative estimate of drug-likeness (QED) is 0.442. The number of hydrogen-bond donors (Lipinski definition) is 0. The minimum atomic E-state index is -2.56. The molecule has 6 heteroatoms. The maximum absolute atomic E-state index is 3.34. The van der Waals surface area contributed by atoms with Gasteiger partial charge in [-0.05, 0) is 0 Å². The van der Waals surface area contributed by atoms with Crippen LogP contribution in [0.5, 0.6) is 0 Å². The Morgan fingerprint density at radius 2 is 0.667 bits per heavy atom. The third-order valence-corrected chi connectivity index (χ3v) is 0. The molecule has 6 heavy (non-hydrogen) atoms. The van der Waals surface area contributed by atoms with Crippen LogP contribution in [0.4, 0.5) is 0 Å². The molecule has 0 aliphatic carbocycles. The first-order valence-electron chi connectivity index (χ1n) is 0.772. The summed E-state index contributed by atoms with van der Waals surface area (Å²) in [5, 5.41) is 0. The minimum absolute atomic E-state index is 2.56. The molecule has 41 valence electrons. The molecule has 0 aromatic carbocycles. The molecule has 0 unspecified atom stereocenters. The van der Waals surface area contributed by atoms with Gasteiger partial charge >= 0.3 is 71.0 Å². The molecular weight excluding hydrogens is 495 g/mol. The van der Waals surface area contributed by atoms with E-state index in [0.29, 0.717) is 0 Å². The van der Waals surface area contributed by atoms with Crippen molar-refractivity contribution in [2.24, 2.45) is 0 Å². The van der Waals surface area contributed by atoms with Crippen molar-refractivity contribution in [3.8, 4) is 0 Å². The van der Waals surface area contributed by atoms with Gasteiger partial charge in [-0.1, -0.05) is 0 Å². The zero-order valence-electron chi connectivity index (χ0n) is 2.30. The van der Waals surface area contributed by atoms with E-state index < -0.39 is 4.53 Å². The van der Waals surface area contributed by atoms with Gasteiger partial charge in [-0.3, -0.25) is 0 Å². The van der Waals surface area contributed by atoms with E-state index in [1.165, 1.54) is 0 Å². The normalized spacial score (nSPS) is 19.2. The van der Waals surface area contributed by atoms with Gasteiger partial charge in [0.15, 0.2) is 0 Å². The van der Waals surface area contributed by atoms with Crippen molar-refractivity contribution in [1.82, 2.24) is 0 Å². The van der Waals surface area contributed by atoms with E-state index in [1.54, 1.807) is 0 Å². The molecule has 0 saturated carbocycles. The first-order chi connectivity index (χ1) is 2.24. The fraction of sp³-hybridized carbons (Fsp3) is 0. The van der Waals surface area contributed by atoms with Crippen molar-refractivity contribution >= 4 is 66.5 Å². The summed E-state index contributed by atoms with van der Waals surface area (Å²) in [6, 6.07) is 0. The second-order valence-corrected chi connectivity index (χ2v) is 93.2. The van der Waals surface area contributed by atoms with Crippen LogP contribution in [0.25, 0.3) is 0 Å². The zero-order chi connectivity index (χ0) is 5.45. The van der Waals surface area contributed by atoms with E-state index in [1.807, 2.05) is 0 Å². The van der Waals surface area contributed by atoms with E-state index >= 15 is 0 Å². The van der Waals surface area contributed by atoms with E-state index in [9.17, 15) is 0 Å². The van der Waals surface area contributed by atoms with Crippen molar-refractivity contribution < 1.29 is 4.53 Å². The number of rotatable bonds is 0. The van der Waals surface area contributed by atoms with Crippen LogP contribution in [0, 0.1) is 0 Å². The molecule has 0 radical (unpaired) electrons. The number of hydrogen-bond acceptors (Lipinski definition) is 0.